The topological polar surface area (TPSA) is 149 Å². The second kappa shape index (κ2) is 54.3. The molecule has 9 heteroatoms. The van der Waals surface area contributed by atoms with E-state index in [0.717, 1.165) is 64.2 Å². The van der Waals surface area contributed by atoms with E-state index in [1.165, 1.54) is 205 Å². The maximum absolute atomic E-state index is 13.0. The maximum atomic E-state index is 13.0. The molecule has 0 aromatic carbocycles. The Morgan fingerprint density at radius 1 is 0.473 bits per heavy atom. The second-order valence-corrected chi connectivity index (χ2v) is 21.8. The van der Waals surface area contributed by atoms with E-state index in [4.69, 9.17) is 9.47 Å². The van der Waals surface area contributed by atoms with Crippen LogP contribution in [-0.2, 0) is 14.3 Å². The molecule has 0 aromatic rings. The van der Waals surface area contributed by atoms with Crippen LogP contribution in [-0.4, -0.2) is 87.5 Å². The third kappa shape index (κ3) is 42.9. The molecule has 1 saturated heterocycles. The highest BCUT2D eigenvalue weighted by Crippen LogP contribution is 2.23. The molecule has 1 aliphatic heterocycles. The number of rotatable bonds is 54. The van der Waals surface area contributed by atoms with Gasteiger partial charge in [-0.05, 0) is 57.8 Å². The molecular weight excluding hydrogens is 923 g/mol. The van der Waals surface area contributed by atoms with Crippen LogP contribution in [0.1, 0.15) is 290 Å². The summed E-state index contributed by atoms with van der Waals surface area (Å²) in [4.78, 5) is 13.0. The maximum Gasteiger partial charge on any atom is 0.220 e. The van der Waals surface area contributed by atoms with E-state index >= 15 is 0 Å². The van der Waals surface area contributed by atoms with Crippen molar-refractivity contribution in [2.75, 3.05) is 13.2 Å². The lowest BCUT2D eigenvalue weighted by molar-refractivity contribution is -0.302. The highest BCUT2D eigenvalue weighted by Gasteiger charge is 2.44. The fraction of sp³-hybridized carbons (Fsp3) is 0.831. The molecule has 7 atom stereocenters. The van der Waals surface area contributed by atoms with Gasteiger partial charge in [0.2, 0.25) is 5.91 Å². The van der Waals surface area contributed by atoms with Crippen LogP contribution >= 0.6 is 0 Å². The minimum Gasteiger partial charge on any atom is -0.394 e. The number of unbranched alkanes of at least 4 members (excludes halogenated alkanes) is 36. The Morgan fingerprint density at radius 3 is 1.24 bits per heavy atom. The van der Waals surface area contributed by atoms with Crippen LogP contribution in [0.2, 0.25) is 0 Å². The van der Waals surface area contributed by atoms with E-state index in [-0.39, 0.29) is 12.5 Å². The molecule has 7 unspecified atom stereocenters. The number of nitrogens with one attached hydrogen (secondary N) is 1. The highest BCUT2D eigenvalue weighted by atomic mass is 16.7. The van der Waals surface area contributed by atoms with Crippen LogP contribution < -0.4 is 5.32 Å². The number of aliphatic hydroxyl groups is 5. The molecule has 6 N–H and O–H groups in total. The van der Waals surface area contributed by atoms with Crippen molar-refractivity contribution in [3.63, 3.8) is 0 Å². The van der Waals surface area contributed by atoms with Gasteiger partial charge in [-0.15, -0.1) is 0 Å². The quantitative estimate of drug-likeness (QED) is 0.0261. The highest BCUT2D eigenvalue weighted by molar-refractivity contribution is 5.76. The molecule has 1 rings (SSSR count). The van der Waals surface area contributed by atoms with Gasteiger partial charge in [0.1, 0.15) is 24.4 Å². The van der Waals surface area contributed by atoms with E-state index < -0.39 is 49.5 Å². The Morgan fingerprint density at radius 2 is 0.838 bits per heavy atom. The predicted molar refractivity (Wildman–Crippen MR) is 313 cm³/mol. The predicted octanol–water partition coefficient (Wildman–Crippen LogP) is 16.2. The molecule has 0 saturated carbocycles. The first-order chi connectivity index (χ1) is 36.3. The number of hydrogen-bond acceptors (Lipinski definition) is 8. The summed E-state index contributed by atoms with van der Waals surface area (Å²) in [5.41, 5.74) is 0. The lowest BCUT2D eigenvalue weighted by Crippen LogP contribution is -2.60. The summed E-state index contributed by atoms with van der Waals surface area (Å²) >= 11 is 0. The van der Waals surface area contributed by atoms with Crippen molar-refractivity contribution in [3.8, 4) is 0 Å². The van der Waals surface area contributed by atoms with Gasteiger partial charge in [0.25, 0.3) is 0 Å². The zero-order valence-corrected chi connectivity index (χ0v) is 48.1. The van der Waals surface area contributed by atoms with Gasteiger partial charge >= 0.3 is 0 Å². The zero-order valence-electron chi connectivity index (χ0n) is 48.1. The first-order valence-electron chi connectivity index (χ1n) is 31.5. The minimum atomic E-state index is -1.56. The second-order valence-electron chi connectivity index (χ2n) is 21.8. The van der Waals surface area contributed by atoms with Gasteiger partial charge in [-0.2, -0.15) is 0 Å². The van der Waals surface area contributed by atoms with E-state index in [2.05, 4.69) is 67.8 Å². The summed E-state index contributed by atoms with van der Waals surface area (Å²) in [5, 5.41) is 54.3. The monoisotopic (exact) mass is 1040 g/mol. The Bertz CT molecular complexity index is 1350. The average Bonchev–Trinajstić information content (AvgIpc) is 3.40. The molecule has 9 nitrogen and oxygen atoms in total. The number of aliphatic hydroxyl groups excluding tert-OH is 5. The van der Waals surface area contributed by atoms with Crippen molar-refractivity contribution in [2.45, 2.75) is 333 Å². The van der Waals surface area contributed by atoms with Crippen molar-refractivity contribution < 1.29 is 39.8 Å². The van der Waals surface area contributed by atoms with Crippen LogP contribution in [0.25, 0.3) is 0 Å². The lowest BCUT2D eigenvalue weighted by atomic mass is 9.99. The van der Waals surface area contributed by atoms with Gasteiger partial charge in [0.15, 0.2) is 6.29 Å². The molecule has 0 aromatic heterocycles. The van der Waals surface area contributed by atoms with Crippen LogP contribution in [0.15, 0.2) is 60.8 Å². The third-order valence-corrected chi connectivity index (χ3v) is 14.8. The van der Waals surface area contributed by atoms with Crippen molar-refractivity contribution in [1.82, 2.24) is 5.32 Å². The van der Waals surface area contributed by atoms with E-state index in [0.29, 0.717) is 6.42 Å². The Balaban J connectivity index is 1.98. The number of ether oxygens (including phenoxy) is 2. The summed E-state index contributed by atoms with van der Waals surface area (Å²) in [6, 6.07) is -0.802. The molecular formula is C65H119NO8. The van der Waals surface area contributed by atoms with Gasteiger partial charge in [-0.1, -0.05) is 286 Å². The summed E-state index contributed by atoms with van der Waals surface area (Å²) in [5.74, 6) is -0.175. The minimum absolute atomic E-state index is 0.175. The molecule has 1 heterocycles. The molecule has 0 spiro atoms. The Kier molecular flexibility index (Phi) is 51.3. The van der Waals surface area contributed by atoms with Crippen molar-refractivity contribution in [1.29, 1.82) is 0 Å². The van der Waals surface area contributed by atoms with Crippen molar-refractivity contribution in [3.05, 3.63) is 60.8 Å². The average molecular weight is 1040 g/mol. The first kappa shape index (κ1) is 69.9. The van der Waals surface area contributed by atoms with E-state index in [1.54, 1.807) is 6.08 Å². The van der Waals surface area contributed by atoms with E-state index in [1.807, 2.05) is 6.08 Å². The normalized spacial score (nSPS) is 19.4. The van der Waals surface area contributed by atoms with Gasteiger partial charge in [0, 0.05) is 6.42 Å². The van der Waals surface area contributed by atoms with Crippen molar-refractivity contribution in [2.24, 2.45) is 0 Å². The fourth-order valence-electron chi connectivity index (χ4n) is 9.92. The van der Waals surface area contributed by atoms with Crippen LogP contribution in [0, 0.1) is 0 Å². The molecule has 1 amide bonds. The summed E-state index contributed by atoms with van der Waals surface area (Å²) in [7, 11) is 0. The molecule has 74 heavy (non-hydrogen) atoms. The number of carbonyl (C=O) groups excluding carboxylic acids is 1. The van der Waals surface area contributed by atoms with Gasteiger partial charge in [-0.25, -0.2) is 0 Å². The number of amides is 1. The van der Waals surface area contributed by atoms with Crippen LogP contribution in [0.5, 0.6) is 0 Å². The molecule has 432 valence electrons. The Hall–Kier alpha value is -2.11. The summed E-state index contributed by atoms with van der Waals surface area (Å²) in [6.07, 6.45) is 67.8. The fourth-order valence-corrected chi connectivity index (χ4v) is 9.92. The molecule has 1 aliphatic rings. The first-order valence-corrected chi connectivity index (χ1v) is 31.5. The summed E-state index contributed by atoms with van der Waals surface area (Å²) in [6.45, 7) is 3.65. The SMILES string of the molecule is CC/C=C\C/C=C\C/C=C\C/C=C\CCCCCCCCCCCCCCCCCCCCCCCCCCCCCCC(=O)NC(COC1OC(CO)C(O)C(O)C1O)C(O)/C=C/CCCCCCCCCC. The Labute approximate surface area is 456 Å². The van der Waals surface area contributed by atoms with Gasteiger partial charge in [0.05, 0.1) is 25.4 Å². The van der Waals surface area contributed by atoms with Crippen LogP contribution in [0.3, 0.4) is 0 Å². The zero-order chi connectivity index (χ0) is 53.6. The number of allylic oxidation sites excluding steroid dienone is 9. The van der Waals surface area contributed by atoms with E-state index in [9.17, 15) is 30.3 Å². The largest absolute Gasteiger partial charge is 0.394 e. The summed E-state index contributed by atoms with van der Waals surface area (Å²) < 4.78 is 11.2. The number of carbonyl (C=O) groups is 1. The molecule has 1 fully saturated rings. The standard InChI is InChI=1S/C65H119NO8/c1-3-5-7-9-11-13-15-16-17-18-19-20-21-22-23-24-25-26-27-28-29-30-31-32-33-34-35-36-37-38-39-40-41-42-43-44-45-47-49-51-53-55-61(69)66-58(57-73-65-64(72)63(71)62(70)60(56-67)74-65)59(68)54-52-50-48-46-14-12-10-8-6-4-2/h5,7,11,13,16-17,19-20,52,54,58-60,62-65,67-68,70-72H,3-4,6,8-10,12,14-15,18,21-51,53,55-57H2,1-2H3,(H,66,69)/b7-5-,13-11-,17-16-,20-19-,54-52+. The molecule has 0 bridgehead atoms. The lowest BCUT2D eigenvalue weighted by Gasteiger charge is -2.40. The van der Waals surface area contributed by atoms with Crippen molar-refractivity contribution >= 4 is 5.91 Å². The third-order valence-electron chi connectivity index (χ3n) is 14.8. The molecule has 0 radical (unpaired) electrons. The molecule has 0 aliphatic carbocycles. The number of hydrogen-bond donors (Lipinski definition) is 6. The van der Waals surface area contributed by atoms with Crippen LogP contribution in [0.4, 0.5) is 0 Å². The van der Waals surface area contributed by atoms with Gasteiger partial charge in [-0.3, -0.25) is 4.79 Å². The van der Waals surface area contributed by atoms with Gasteiger partial charge < -0.3 is 40.3 Å². The smallest absolute Gasteiger partial charge is 0.220 e.